The number of rotatable bonds is 4. The van der Waals surface area contributed by atoms with Gasteiger partial charge in [0.25, 0.3) is 0 Å². The predicted octanol–water partition coefficient (Wildman–Crippen LogP) is 1.46. The maximum Gasteiger partial charge on any atom is 0.328 e. The lowest BCUT2D eigenvalue weighted by atomic mass is 10.1. The molecular formula is C11H11ClO4. The molecule has 0 heterocycles. The van der Waals surface area contributed by atoms with Crippen molar-refractivity contribution in [1.82, 2.24) is 0 Å². The van der Waals surface area contributed by atoms with Gasteiger partial charge in [-0.15, -0.1) is 0 Å². The molecule has 0 radical (unpaired) electrons. The van der Waals surface area contributed by atoms with Crippen LogP contribution in [0.2, 0.25) is 5.02 Å². The summed E-state index contributed by atoms with van der Waals surface area (Å²) >= 11 is 5.82. The SMILES string of the molecule is O=C(O)C=Cc1ccc(Cl)c([C@H](O)CO)c1. The fourth-order valence-electron chi connectivity index (χ4n) is 1.19. The summed E-state index contributed by atoms with van der Waals surface area (Å²) in [6.45, 7) is -0.439. The molecule has 1 aromatic rings. The lowest BCUT2D eigenvalue weighted by Gasteiger charge is -2.10. The number of carbonyl (C=O) groups is 1. The Balaban J connectivity index is 3.02. The average molecular weight is 243 g/mol. The lowest BCUT2D eigenvalue weighted by molar-refractivity contribution is -0.131. The van der Waals surface area contributed by atoms with Gasteiger partial charge >= 0.3 is 5.97 Å². The van der Waals surface area contributed by atoms with E-state index >= 15 is 0 Å². The highest BCUT2D eigenvalue weighted by molar-refractivity contribution is 6.31. The molecule has 1 atom stereocenters. The molecule has 0 aromatic heterocycles. The van der Waals surface area contributed by atoms with Crippen molar-refractivity contribution < 1.29 is 20.1 Å². The topological polar surface area (TPSA) is 77.8 Å². The summed E-state index contributed by atoms with van der Waals surface area (Å²) in [7, 11) is 0. The number of carboxylic acids is 1. The highest BCUT2D eigenvalue weighted by Crippen LogP contribution is 2.24. The molecule has 0 amide bonds. The van der Waals surface area contributed by atoms with Crippen LogP contribution in [0, 0.1) is 0 Å². The predicted molar refractivity (Wildman–Crippen MR) is 60.2 cm³/mol. The van der Waals surface area contributed by atoms with Crippen LogP contribution >= 0.6 is 11.6 Å². The smallest absolute Gasteiger partial charge is 0.328 e. The van der Waals surface area contributed by atoms with Gasteiger partial charge in [0.1, 0.15) is 6.10 Å². The number of aliphatic hydroxyl groups excluding tert-OH is 2. The first-order chi connectivity index (χ1) is 7.54. The largest absolute Gasteiger partial charge is 0.478 e. The van der Waals surface area contributed by atoms with Gasteiger partial charge in [-0.3, -0.25) is 0 Å². The van der Waals surface area contributed by atoms with E-state index in [0.717, 1.165) is 6.08 Å². The molecule has 1 rings (SSSR count). The van der Waals surface area contributed by atoms with E-state index in [1.165, 1.54) is 18.2 Å². The summed E-state index contributed by atoms with van der Waals surface area (Å²) in [6.07, 6.45) is 1.30. The molecule has 0 aliphatic carbocycles. The Morgan fingerprint density at radius 2 is 2.19 bits per heavy atom. The van der Waals surface area contributed by atoms with E-state index < -0.39 is 18.7 Å². The highest BCUT2D eigenvalue weighted by atomic mass is 35.5. The summed E-state index contributed by atoms with van der Waals surface area (Å²) in [4.78, 5) is 10.3. The molecule has 4 nitrogen and oxygen atoms in total. The van der Waals surface area contributed by atoms with E-state index in [9.17, 15) is 9.90 Å². The zero-order chi connectivity index (χ0) is 12.1. The maximum atomic E-state index is 10.3. The molecular weight excluding hydrogens is 232 g/mol. The third-order valence-corrected chi connectivity index (χ3v) is 2.31. The Labute approximate surface area is 97.4 Å². The van der Waals surface area contributed by atoms with Crippen molar-refractivity contribution >= 4 is 23.6 Å². The summed E-state index contributed by atoms with van der Waals surface area (Å²) in [5.41, 5.74) is 0.964. The Bertz CT molecular complexity index is 414. The second kappa shape index (κ2) is 5.65. The molecule has 3 N–H and O–H groups in total. The van der Waals surface area contributed by atoms with E-state index in [1.54, 1.807) is 6.07 Å². The molecule has 0 unspecified atom stereocenters. The Hall–Kier alpha value is -1.36. The molecule has 0 saturated carbocycles. The van der Waals surface area contributed by atoms with Crippen molar-refractivity contribution in [3.05, 3.63) is 40.4 Å². The number of benzene rings is 1. The van der Waals surface area contributed by atoms with Gasteiger partial charge in [-0.2, -0.15) is 0 Å². The normalized spacial score (nSPS) is 12.9. The van der Waals surface area contributed by atoms with Gasteiger partial charge in [0, 0.05) is 16.7 Å². The highest BCUT2D eigenvalue weighted by Gasteiger charge is 2.10. The maximum absolute atomic E-state index is 10.3. The molecule has 0 fully saturated rings. The first kappa shape index (κ1) is 12.7. The molecule has 16 heavy (non-hydrogen) atoms. The van der Waals surface area contributed by atoms with Gasteiger partial charge in [0.2, 0.25) is 0 Å². The Morgan fingerprint density at radius 3 is 2.75 bits per heavy atom. The van der Waals surface area contributed by atoms with Crippen LogP contribution in [0.3, 0.4) is 0 Å². The van der Waals surface area contributed by atoms with Gasteiger partial charge in [0.05, 0.1) is 6.61 Å². The standard InChI is InChI=1S/C11H11ClO4/c12-9-3-1-7(2-4-11(15)16)5-8(9)10(14)6-13/h1-5,10,13-14H,6H2,(H,15,16)/t10-/m1/s1. The van der Waals surface area contributed by atoms with Crippen molar-refractivity contribution in [2.24, 2.45) is 0 Å². The number of hydrogen-bond donors (Lipinski definition) is 3. The van der Waals surface area contributed by atoms with Gasteiger partial charge in [0.15, 0.2) is 0 Å². The fourth-order valence-corrected chi connectivity index (χ4v) is 1.43. The van der Waals surface area contributed by atoms with Crippen molar-refractivity contribution in [3.8, 4) is 0 Å². The van der Waals surface area contributed by atoms with Crippen LogP contribution in [0.4, 0.5) is 0 Å². The molecule has 0 bridgehead atoms. The zero-order valence-corrected chi connectivity index (χ0v) is 9.05. The van der Waals surface area contributed by atoms with Crippen LogP contribution in [0.15, 0.2) is 24.3 Å². The first-order valence-electron chi connectivity index (χ1n) is 4.54. The van der Waals surface area contributed by atoms with E-state index in [0.29, 0.717) is 16.1 Å². The van der Waals surface area contributed by atoms with Crippen LogP contribution in [0.5, 0.6) is 0 Å². The minimum absolute atomic E-state index is 0.328. The van der Waals surface area contributed by atoms with E-state index in [1.807, 2.05) is 0 Å². The van der Waals surface area contributed by atoms with Crippen LogP contribution in [-0.2, 0) is 4.79 Å². The molecule has 0 spiro atoms. The molecule has 1 aromatic carbocycles. The van der Waals surface area contributed by atoms with Gasteiger partial charge in [-0.25, -0.2) is 4.79 Å². The van der Waals surface area contributed by atoms with E-state index in [2.05, 4.69) is 0 Å². The lowest BCUT2D eigenvalue weighted by Crippen LogP contribution is -2.03. The number of hydrogen-bond acceptors (Lipinski definition) is 3. The van der Waals surface area contributed by atoms with E-state index in [-0.39, 0.29) is 0 Å². The molecule has 0 aliphatic heterocycles. The Kier molecular flexibility index (Phi) is 4.49. The van der Waals surface area contributed by atoms with Crippen molar-refractivity contribution in [3.63, 3.8) is 0 Å². The minimum atomic E-state index is -1.06. The number of halogens is 1. The van der Waals surface area contributed by atoms with Gasteiger partial charge < -0.3 is 15.3 Å². The first-order valence-corrected chi connectivity index (χ1v) is 4.91. The van der Waals surface area contributed by atoms with Crippen molar-refractivity contribution in [2.45, 2.75) is 6.10 Å². The fraction of sp³-hybridized carbons (Fsp3) is 0.182. The second-order valence-corrected chi connectivity index (χ2v) is 3.56. The summed E-state index contributed by atoms with van der Waals surface area (Å²) in [5.74, 6) is -1.06. The summed E-state index contributed by atoms with van der Waals surface area (Å²) in [5, 5.41) is 27.0. The average Bonchev–Trinajstić information content (AvgIpc) is 2.27. The third kappa shape index (κ3) is 3.34. The van der Waals surface area contributed by atoms with Crippen LogP contribution < -0.4 is 0 Å². The number of carboxylic acid groups (broad SMARTS) is 1. The van der Waals surface area contributed by atoms with Crippen molar-refractivity contribution in [1.29, 1.82) is 0 Å². The van der Waals surface area contributed by atoms with Crippen LogP contribution in [0.1, 0.15) is 17.2 Å². The van der Waals surface area contributed by atoms with Gasteiger partial charge in [-0.1, -0.05) is 17.7 Å². The van der Waals surface area contributed by atoms with Gasteiger partial charge in [-0.05, 0) is 23.8 Å². The van der Waals surface area contributed by atoms with Crippen molar-refractivity contribution in [2.75, 3.05) is 6.61 Å². The van der Waals surface area contributed by atoms with Crippen LogP contribution in [-0.4, -0.2) is 27.9 Å². The molecule has 0 aliphatic rings. The number of aliphatic hydroxyl groups is 2. The minimum Gasteiger partial charge on any atom is -0.478 e. The monoisotopic (exact) mass is 242 g/mol. The molecule has 86 valence electrons. The second-order valence-electron chi connectivity index (χ2n) is 3.15. The summed E-state index contributed by atoms with van der Waals surface area (Å²) < 4.78 is 0. The number of aliphatic carboxylic acids is 1. The molecule has 5 heteroatoms. The zero-order valence-electron chi connectivity index (χ0n) is 8.30. The molecule has 0 saturated heterocycles. The third-order valence-electron chi connectivity index (χ3n) is 1.97. The Morgan fingerprint density at radius 1 is 1.50 bits per heavy atom. The van der Waals surface area contributed by atoms with Crippen LogP contribution in [0.25, 0.3) is 6.08 Å². The summed E-state index contributed by atoms with van der Waals surface area (Å²) in [6, 6.07) is 4.69. The van der Waals surface area contributed by atoms with E-state index in [4.69, 9.17) is 21.8 Å². The quantitative estimate of drug-likeness (QED) is 0.699.